The van der Waals surface area contributed by atoms with E-state index in [1.807, 2.05) is 18.2 Å². The van der Waals surface area contributed by atoms with Gasteiger partial charge in [0.2, 0.25) is 0 Å². The van der Waals surface area contributed by atoms with Gasteiger partial charge in [-0.1, -0.05) is 42.5 Å². The number of rotatable bonds is 6. The van der Waals surface area contributed by atoms with Gasteiger partial charge in [0.15, 0.2) is 0 Å². The lowest BCUT2D eigenvalue weighted by Crippen LogP contribution is -2.47. The van der Waals surface area contributed by atoms with E-state index in [0.29, 0.717) is 18.6 Å². The number of hydrogen-bond acceptors (Lipinski definition) is 4. The van der Waals surface area contributed by atoms with Crippen LogP contribution in [0.5, 0.6) is 5.75 Å². The van der Waals surface area contributed by atoms with Gasteiger partial charge >= 0.3 is 0 Å². The van der Waals surface area contributed by atoms with Crippen LogP contribution in [0.15, 0.2) is 54.6 Å². The summed E-state index contributed by atoms with van der Waals surface area (Å²) in [6, 6.07) is 19.6. The van der Waals surface area contributed by atoms with Gasteiger partial charge in [0.25, 0.3) is 0 Å². The van der Waals surface area contributed by atoms with Crippen molar-refractivity contribution in [3.05, 3.63) is 65.7 Å². The monoisotopic (exact) mass is 438 g/mol. The van der Waals surface area contributed by atoms with Crippen LogP contribution >= 0.6 is 24.8 Å². The Labute approximate surface area is 186 Å². The van der Waals surface area contributed by atoms with Crippen molar-refractivity contribution < 1.29 is 9.47 Å². The van der Waals surface area contributed by atoms with Crippen LogP contribution in [0.4, 0.5) is 0 Å². The maximum absolute atomic E-state index is 5.97. The van der Waals surface area contributed by atoms with Gasteiger partial charge in [0, 0.05) is 45.4 Å². The number of piperazine rings is 1. The van der Waals surface area contributed by atoms with E-state index in [2.05, 4.69) is 46.6 Å². The molecule has 0 unspecified atom stereocenters. The summed E-state index contributed by atoms with van der Waals surface area (Å²) >= 11 is 0. The van der Waals surface area contributed by atoms with Gasteiger partial charge in [-0.15, -0.1) is 24.8 Å². The zero-order chi connectivity index (χ0) is 18.3. The maximum Gasteiger partial charge on any atom is 0.119 e. The Kier molecular flexibility index (Phi) is 10.3. The second-order valence-electron chi connectivity index (χ2n) is 7.52. The number of benzene rings is 2. The average Bonchev–Trinajstić information content (AvgIpc) is 2.76. The van der Waals surface area contributed by atoms with E-state index in [1.165, 1.54) is 11.1 Å². The highest BCUT2D eigenvalue weighted by atomic mass is 35.5. The largest absolute Gasteiger partial charge is 0.489 e. The van der Waals surface area contributed by atoms with Gasteiger partial charge < -0.3 is 14.8 Å². The van der Waals surface area contributed by atoms with E-state index >= 15 is 0 Å². The SMILES string of the molecule is Cl.Cl.c1ccc(COc2ccc([C@H](C3CCOCC3)N3CCNCC3)cc2)cc1. The number of halogens is 2. The molecule has 4 rings (SSSR count). The normalized spacial score (nSPS) is 18.9. The molecule has 0 bridgehead atoms. The molecule has 0 aromatic heterocycles. The molecule has 1 atom stereocenters. The van der Waals surface area contributed by atoms with Crippen molar-refractivity contribution in [2.24, 2.45) is 5.92 Å². The van der Waals surface area contributed by atoms with Crippen molar-refractivity contribution in [2.75, 3.05) is 39.4 Å². The maximum atomic E-state index is 5.97. The Bertz CT molecular complexity index is 670. The lowest BCUT2D eigenvalue weighted by atomic mass is 9.85. The fourth-order valence-electron chi connectivity index (χ4n) is 4.28. The number of ether oxygens (including phenoxy) is 2. The molecule has 4 nitrogen and oxygen atoms in total. The van der Waals surface area contributed by atoms with E-state index in [0.717, 1.165) is 58.0 Å². The average molecular weight is 439 g/mol. The minimum atomic E-state index is 0. The summed E-state index contributed by atoms with van der Waals surface area (Å²) in [5.74, 6) is 1.61. The highest BCUT2D eigenvalue weighted by Crippen LogP contribution is 2.36. The van der Waals surface area contributed by atoms with Crippen molar-refractivity contribution in [1.29, 1.82) is 0 Å². The summed E-state index contributed by atoms with van der Waals surface area (Å²) in [7, 11) is 0. The molecule has 2 aliphatic heterocycles. The van der Waals surface area contributed by atoms with Gasteiger partial charge in [0.1, 0.15) is 12.4 Å². The quantitative estimate of drug-likeness (QED) is 0.720. The van der Waals surface area contributed by atoms with Gasteiger partial charge in [-0.2, -0.15) is 0 Å². The molecule has 160 valence electrons. The second-order valence-corrected chi connectivity index (χ2v) is 7.52. The predicted molar refractivity (Wildman–Crippen MR) is 122 cm³/mol. The Morgan fingerprint density at radius 3 is 2.24 bits per heavy atom. The molecular weight excluding hydrogens is 407 g/mol. The van der Waals surface area contributed by atoms with Crippen molar-refractivity contribution in [1.82, 2.24) is 10.2 Å². The van der Waals surface area contributed by atoms with E-state index in [-0.39, 0.29) is 24.8 Å². The summed E-state index contributed by atoms with van der Waals surface area (Å²) in [5.41, 5.74) is 2.61. The van der Waals surface area contributed by atoms with E-state index in [4.69, 9.17) is 9.47 Å². The number of hydrogen-bond donors (Lipinski definition) is 1. The smallest absolute Gasteiger partial charge is 0.119 e. The molecule has 2 heterocycles. The third kappa shape index (κ3) is 6.59. The zero-order valence-electron chi connectivity index (χ0n) is 16.8. The third-order valence-electron chi connectivity index (χ3n) is 5.73. The Hall–Kier alpha value is -1.30. The first kappa shape index (κ1) is 24.0. The van der Waals surface area contributed by atoms with Crippen molar-refractivity contribution >= 4 is 24.8 Å². The highest BCUT2D eigenvalue weighted by Gasteiger charge is 2.31. The van der Waals surface area contributed by atoms with Gasteiger partial charge in [-0.25, -0.2) is 0 Å². The summed E-state index contributed by atoms with van der Waals surface area (Å²) in [5, 5.41) is 3.48. The van der Waals surface area contributed by atoms with Crippen LogP contribution < -0.4 is 10.1 Å². The van der Waals surface area contributed by atoms with Crippen molar-refractivity contribution in [2.45, 2.75) is 25.5 Å². The second kappa shape index (κ2) is 12.4. The van der Waals surface area contributed by atoms with Crippen LogP contribution in [-0.2, 0) is 11.3 Å². The summed E-state index contributed by atoms with van der Waals surface area (Å²) in [6.45, 7) is 6.80. The molecule has 0 amide bonds. The van der Waals surface area contributed by atoms with Crippen LogP contribution in [-0.4, -0.2) is 44.3 Å². The van der Waals surface area contributed by atoms with E-state index < -0.39 is 0 Å². The highest BCUT2D eigenvalue weighted by molar-refractivity contribution is 5.85. The van der Waals surface area contributed by atoms with Crippen molar-refractivity contribution in [3.63, 3.8) is 0 Å². The van der Waals surface area contributed by atoms with Crippen LogP contribution in [0.25, 0.3) is 0 Å². The van der Waals surface area contributed by atoms with Crippen LogP contribution in [0, 0.1) is 5.92 Å². The molecule has 2 aromatic rings. The fraction of sp³-hybridized carbons (Fsp3) is 0.478. The molecular formula is C23H32Cl2N2O2. The number of nitrogens with one attached hydrogen (secondary N) is 1. The molecule has 0 radical (unpaired) electrons. The van der Waals surface area contributed by atoms with Crippen LogP contribution in [0.1, 0.15) is 30.0 Å². The Morgan fingerprint density at radius 2 is 1.59 bits per heavy atom. The first-order valence-electron chi connectivity index (χ1n) is 10.2. The Morgan fingerprint density at radius 1 is 0.931 bits per heavy atom. The molecule has 2 aliphatic rings. The molecule has 0 saturated carbocycles. The third-order valence-corrected chi connectivity index (χ3v) is 5.73. The zero-order valence-corrected chi connectivity index (χ0v) is 18.4. The molecule has 6 heteroatoms. The summed E-state index contributed by atoms with van der Waals surface area (Å²) < 4.78 is 11.6. The minimum Gasteiger partial charge on any atom is -0.489 e. The fourth-order valence-corrected chi connectivity index (χ4v) is 4.28. The predicted octanol–water partition coefficient (Wildman–Crippen LogP) is 4.48. The molecule has 29 heavy (non-hydrogen) atoms. The first-order valence-corrected chi connectivity index (χ1v) is 10.2. The lowest BCUT2D eigenvalue weighted by molar-refractivity contribution is 0.0213. The standard InChI is InChI=1S/C23H30N2O2.2ClH/c1-2-4-19(5-3-1)18-27-22-8-6-20(7-9-22)23(21-10-16-26-17-11-21)25-14-12-24-13-15-25;;/h1-9,21,23-24H,10-18H2;2*1H/t23-;;/m1../s1. The van der Waals surface area contributed by atoms with Gasteiger partial charge in [-0.05, 0) is 42.0 Å². The van der Waals surface area contributed by atoms with Crippen LogP contribution in [0.2, 0.25) is 0 Å². The molecule has 1 N–H and O–H groups in total. The summed E-state index contributed by atoms with van der Waals surface area (Å²) in [6.07, 6.45) is 2.31. The van der Waals surface area contributed by atoms with E-state index in [1.54, 1.807) is 0 Å². The molecule has 2 aromatic carbocycles. The summed E-state index contributed by atoms with van der Waals surface area (Å²) in [4.78, 5) is 2.66. The topological polar surface area (TPSA) is 33.7 Å². The first-order chi connectivity index (χ1) is 13.4. The molecule has 0 aliphatic carbocycles. The molecule has 0 spiro atoms. The Balaban J connectivity index is 0.00000150. The lowest BCUT2D eigenvalue weighted by Gasteiger charge is -2.41. The molecule has 2 saturated heterocycles. The number of nitrogens with zero attached hydrogens (tertiary/aromatic N) is 1. The van der Waals surface area contributed by atoms with Crippen LogP contribution in [0.3, 0.4) is 0 Å². The van der Waals surface area contributed by atoms with Crippen molar-refractivity contribution in [3.8, 4) is 5.75 Å². The van der Waals surface area contributed by atoms with Gasteiger partial charge in [-0.3, -0.25) is 4.90 Å². The van der Waals surface area contributed by atoms with Gasteiger partial charge in [0.05, 0.1) is 0 Å². The minimum absolute atomic E-state index is 0. The molecule has 2 fully saturated rings. The van der Waals surface area contributed by atoms with E-state index in [9.17, 15) is 0 Å².